The Bertz CT molecular complexity index is 484. The zero-order valence-corrected chi connectivity index (χ0v) is 9.28. The lowest BCUT2D eigenvalue weighted by Gasteiger charge is -2.11. The molecule has 0 radical (unpaired) electrons. The van der Waals surface area contributed by atoms with E-state index in [2.05, 4.69) is 25.4 Å². The molecule has 2 heterocycles. The highest BCUT2D eigenvalue weighted by molar-refractivity contribution is 5.35. The average Bonchev–Trinajstić information content (AvgIpc) is 2.81. The number of nitrogens with two attached hydrogens (primary N) is 1. The lowest BCUT2D eigenvalue weighted by atomic mass is 10.4. The Kier molecular flexibility index (Phi) is 3.15. The Labute approximate surface area is 97.5 Å². The Morgan fingerprint density at radius 1 is 1.47 bits per heavy atom. The molecular weight excluding hydrogens is 222 g/mol. The lowest BCUT2D eigenvalue weighted by Crippen LogP contribution is -2.22. The summed E-state index contributed by atoms with van der Waals surface area (Å²) in [4.78, 5) is 12.0. The third-order valence-corrected chi connectivity index (χ3v) is 2.00. The number of nitrogens with one attached hydrogen (secondary N) is 1. The molecule has 2 aromatic rings. The Morgan fingerprint density at radius 2 is 2.29 bits per heavy atom. The van der Waals surface area contributed by atoms with Gasteiger partial charge in [0.25, 0.3) is 5.95 Å². The minimum atomic E-state index is -0.165. The highest BCUT2D eigenvalue weighted by atomic mass is 16.3. The number of aliphatic hydroxyl groups is 1. The van der Waals surface area contributed by atoms with Crippen LogP contribution in [0.1, 0.15) is 6.92 Å². The van der Waals surface area contributed by atoms with E-state index in [0.29, 0.717) is 11.9 Å². The first-order chi connectivity index (χ1) is 8.19. The summed E-state index contributed by atoms with van der Waals surface area (Å²) in [6, 6.07) is 1.59. The number of hydrogen-bond donors (Lipinski definition) is 3. The van der Waals surface area contributed by atoms with Gasteiger partial charge in [0.2, 0.25) is 11.9 Å². The molecule has 0 aliphatic heterocycles. The van der Waals surface area contributed by atoms with E-state index in [4.69, 9.17) is 10.8 Å². The topological polar surface area (TPSA) is 115 Å². The fraction of sp³-hybridized carbons (Fsp3) is 0.333. The van der Waals surface area contributed by atoms with E-state index in [0.717, 1.165) is 0 Å². The molecule has 2 rings (SSSR count). The largest absolute Gasteiger partial charge is 0.394 e. The molecule has 2 aromatic heterocycles. The molecule has 17 heavy (non-hydrogen) atoms. The molecule has 0 aromatic carbocycles. The van der Waals surface area contributed by atoms with Crippen molar-refractivity contribution in [3.63, 3.8) is 0 Å². The fourth-order valence-corrected chi connectivity index (χ4v) is 1.20. The second-order valence-corrected chi connectivity index (χ2v) is 3.50. The molecule has 0 amide bonds. The predicted octanol–water partition coefficient (Wildman–Crippen LogP) is -0.568. The molecule has 90 valence electrons. The zero-order valence-electron chi connectivity index (χ0n) is 9.28. The van der Waals surface area contributed by atoms with Crippen molar-refractivity contribution in [3.05, 3.63) is 18.5 Å². The summed E-state index contributed by atoms with van der Waals surface area (Å²) in [6.07, 6.45) is 3.32. The van der Waals surface area contributed by atoms with E-state index in [-0.39, 0.29) is 18.6 Å². The third kappa shape index (κ3) is 2.67. The summed E-state index contributed by atoms with van der Waals surface area (Å²) in [6.45, 7) is 1.77. The van der Waals surface area contributed by atoms with Crippen molar-refractivity contribution in [2.24, 2.45) is 0 Å². The smallest absolute Gasteiger partial charge is 0.257 e. The quantitative estimate of drug-likeness (QED) is 0.650. The number of nitrogen functional groups attached to an aromatic ring is 1. The van der Waals surface area contributed by atoms with Gasteiger partial charge in [-0.3, -0.25) is 0 Å². The third-order valence-electron chi connectivity index (χ3n) is 2.00. The predicted molar refractivity (Wildman–Crippen MR) is 61.5 cm³/mol. The molecule has 8 nitrogen and oxygen atoms in total. The van der Waals surface area contributed by atoms with E-state index in [9.17, 15) is 0 Å². The molecular formula is C9H13N7O. The summed E-state index contributed by atoms with van der Waals surface area (Å²) < 4.78 is 1.48. The van der Waals surface area contributed by atoms with Crippen molar-refractivity contribution in [3.8, 4) is 5.95 Å². The van der Waals surface area contributed by atoms with Gasteiger partial charge in [0.1, 0.15) is 0 Å². The summed E-state index contributed by atoms with van der Waals surface area (Å²) in [5.41, 5.74) is 5.58. The van der Waals surface area contributed by atoms with Gasteiger partial charge < -0.3 is 16.2 Å². The van der Waals surface area contributed by atoms with E-state index in [1.165, 1.54) is 4.68 Å². The maximum Gasteiger partial charge on any atom is 0.257 e. The van der Waals surface area contributed by atoms with Gasteiger partial charge in [-0.2, -0.15) is 20.1 Å². The van der Waals surface area contributed by atoms with Crippen molar-refractivity contribution in [1.82, 2.24) is 24.7 Å². The molecule has 0 bridgehead atoms. The molecule has 4 N–H and O–H groups in total. The monoisotopic (exact) mass is 235 g/mol. The van der Waals surface area contributed by atoms with Crippen LogP contribution in [-0.2, 0) is 0 Å². The highest BCUT2D eigenvalue weighted by Crippen LogP contribution is 2.07. The maximum absolute atomic E-state index is 8.94. The van der Waals surface area contributed by atoms with Gasteiger partial charge in [-0.15, -0.1) is 0 Å². The number of aromatic nitrogens is 5. The van der Waals surface area contributed by atoms with Crippen LogP contribution in [0.3, 0.4) is 0 Å². The summed E-state index contributed by atoms with van der Waals surface area (Å²) in [7, 11) is 0. The molecule has 1 atom stereocenters. The Morgan fingerprint density at radius 3 is 2.94 bits per heavy atom. The number of aliphatic hydroxyl groups excluding tert-OH is 1. The Balaban J connectivity index is 2.30. The molecule has 0 saturated carbocycles. The molecule has 8 heteroatoms. The first-order valence-corrected chi connectivity index (χ1v) is 5.08. The van der Waals surface area contributed by atoms with Crippen molar-refractivity contribution >= 4 is 11.9 Å². The van der Waals surface area contributed by atoms with Crippen LogP contribution in [0, 0.1) is 0 Å². The molecule has 0 aliphatic rings. The molecule has 0 spiro atoms. The summed E-state index contributed by atoms with van der Waals surface area (Å²) in [5.74, 6) is 0.734. The van der Waals surface area contributed by atoms with E-state index < -0.39 is 0 Å². The van der Waals surface area contributed by atoms with Gasteiger partial charge in [0.15, 0.2) is 0 Å². The minimum Gasteiger partial charge on any atom is -0.394 e. The molecule has 0 fully saturated rings. The van der Waals surface area contributed by atoms with Crippen LogP contribution >= 0.6 is 0 Å². The van der Waals surface area contributed by atoms with Crippen molar-refractivity contribution in [1.29, 1.82) is 0 Å². The van der Waals surface area contributed by atoms with Crippen molar-refractivity contribution < 1.29 is 5.11 Å². The minimum absolute atomic E-state index is 0.0251. The molecule has 0 saturated heterocycles. The molecule has 0 aliphatic carbocycles. The first-order valence-electron chi connectivity index (χ1n) is 5.08. The Hall–Kier alpha value is -2.22. The summed E-state index contributed by atoms with van der Waals surface area (Å²) in [5, 5.41) is 15.8. The van der Waals surface area contributed by atoms with Crippen LogP contribution in [0.25, 0.3) is 5.95 Å². The number of nitrogens with zero attached hydrogens (tertiary/aromatic N) is 5. The first kappa shape index (κ1) is 11.3. The second-order valence-electron chi connectivity index (χ2n) is 3.50. The van der Waals surface area contributed by atoms with Crippen LogP contribution in [0.5, 0.6) is 0 Å². The number of rotatable bonds is 4. The van der Waals surface area contributed by atoms with Crippen LogP contribution in [-0.4, -0.2) is 42.5 Å². The number of hydrogen-bond acceptors (Lipinski definition) is 7. The van der Waals surface area contributed by atoms with Crippen LogP contribution < -0.4 is 11.1 Å². The van der Waals surface area contributed by atoms with E-state index >= 15 is 0 Å². The van der Waals surface area contributed by atoms with Crippen molar-refractivity contribution in [2.45, 2.75) is 13.0 Å². The average molecular weight is 235 g/mol. The van der Waals surface area contributed by atoms with Crippen LogP contribution in [0.4, 0.5) is 11.9 Å². The fourth-order valence-electron chi connectivity index (χ4n) is 1.20. The van der Waals surface area contributed by atoms with Gasteiger partial charge in [-0.1, -0.05) is 0 Å². The van der Waals surface area contributed by atoms with Gasteiger partial charge in [-0.25, -0.2) is 4.68 Å². The molecule has 1 unspecified atom stereocenters. The standard InChI is InChI=1S/C9H13N7O/c1-6(5-17)12-8-13-7(10)14-9(15-8)16-4-2-3-11-16/h2-4,6,17H,5H2,1H3,(H3,10,12,13,14,15). The van der Waals surface area contributed by atoms with Crippen LogP contribution in [0.2, 0.25) is 0 Å². The van der Waals surface area contributed by atoms with Crippen molar-refractivity contribution in [2.75, 3.05) is 17.7 Å². The number of anilines is 2. The SMILES string of the molecule is CC(CO)Nc1nc(N)nc(-n2cccn2)n1. The zero-order chi connectivity index (χ0) is 12.3. The van der Waals surface area contributed by atoms with Gasteiger partial charge in [0, 0.05) is 18.4 Å². The van der Waals surface area contributed by atoms with Gasteiger partial charge in [0.05, 0.1) is 6.61 Å². The van der Waals surface area contributed by atoms with E-state index in [1.54, 1.807) is 25.4 Å². The van der Waals surface area contributed by atoms with E-state index in [1.807, 2.05) is 0 Å². The van der Waals surface area contributed by atoms with Gasteiger partial charge >= 0.3 is 0 Å². The second kappa shape index (κ2) is 4.74. The lowest BCUT2D eigenvalue weighted by molar-refractivity contribution is 0.281. The normalized spacial score (nSPS) is 12.4. The van der Waals surface area contributed by atoms with Gasteiger partial charge in [-0.05, 0) is 13.0 Å². The maximum atomic E-state index is 8.94. The summed E-state index contributed by atoms with van der Waals surface area (Å²) >= 11 is 0. The highest BCUT2D eigenvalue weighted by Gasteiger charge is 2.08. The van der Waals surface area contributed by atoms with Crippen LogP contribution in [0.15, 0.2) is 18.5 Å².